The van der Waals surface area contributed by atoms with Crippen LogP contribution in [0.3, 0.4) is 0 Å². The Bertz CT molecular complexity index is 778. The number of halogens is 1. The normalized spacial score (nSPS) is 12.0. The van der Waals surface area contributed by atoms with E-state index in [0.29, 0.717) is 28.0 Å². The van der Waals surface area contributed by atoms with Crippen molar-refractivity contribution in [3.05, 3.63) is 44.8 Å². The number of carbonyl (C=O) groups is 1. The van der Waals surface area contributed by atoms with Crippen molar-refractivity contribution in [3.63, 3.8) is 0 Å². The Balaban J connectivity index is 2.10. The summed E-state index contributed by atoms with van der Waals surface area (Å²) in [5.41, 5.74) is 1.57. The number of nitrogens with zero attached hydrogens (tertiary/aromatic N) is 2. The minimum atomic E-state index is -0.400. The van der Waals surface area contributed by atoms with Crippen LogP contribution in [-0.4, -0.2) is 26.3 Å². The van der Waals surface area contributed by atoms with E-state index in [1.807, 2.05) is 19.9 Å². The lowest BCUT2D eigenvalue weighted by atomic mass is 10.2. The molecule has 2 N–H and O–H groups in total. The number of H-pyrrole nitrogens is 1. The molecule has 122 valence electrons. The summed E-state index contributed by atoms with van der Waals surface area (Å²) in [5, 5.41) is 11.0. The van der Waals surface area contributed by atoms with Crippen LogP contribution in [0.4, 0.5) is 5.69 Å². The van der Waals surface area contributed by atoms with Crippen LogP contribution in [0, 0.1) is 13.8 Å². The molecule has 0 saturated carbocycles. The largest absolute Gasteiger partial charge is 0.325 e. The molecule has 23 heavy (non-hydrogen) atoms. The van der Waals surface area contributed by atoms with Gasteiger partial charge in [0.1, 0.15) is 5.69 Å². The summed E-state index contributed by atoms with van der Waals surface area (Å²) in [5.74, 6) is -0.180. The second-order valence-electron chi connectivity index (χ2n) is 5.01. The van der Waals surface area contributed by atoms with E-state index in [1.165, 1.54) is 11.8 Å². The van der Waals surface area contributed by atoms with Crippen molar-refractivity contribution in [3.8, 4) is 0 Å². The Morgan fingerprint density at radius 3 is 2.74 bits per heavy atom. The number of carbonyl (C=O) groups excluding carboxylic acids is 1. The van der Waals surface area contributed by atoms with E-state index in [9.17, 15) is 9.59 Å². The van der Waals surface area contributed by atoms with Crippen LogP contribution in [0.1, 0.15) is 24.6 Å². The van der Waals surface area contributed by atoms with Gasteiger partial charge in [-0.3, -0.25) is 14.6 Å². The third-order valence-corrected chi connectivity index (χ3v) is 4.84. The lowest BCUT2D eigenvalue weighted by Crippen LogP contribution is -2.25. The molecule has 1 atom stereocenters. The van der Waals surface area contributed by atoms with Gasteiger partial charge in [-0.2, -0.15) is 0 Å². The van der Waals surface area contributed by atoms with Gasteiger partial charge in [0.25, 0.3) is 5.56 Å². The Kier molecular flexibility index (Phi) is 5.79. The Hall–Kier alpha value is -1.86. The molecule has 1 aromatic carbocycles. The van der Waals surface area contributed by atoms with Gasteiger partial charge in [-0.15, -0.1) is 10.2 Å². The molecule has 2 rings (SSSR count). The minimum Gasteiger partial charge on any atom is -0.325 e. The van der Waals surface area contributed by atoms with Crippen LogP contribution >= 0.6 is 23.4 Å². The first-order chi connectivity index (χ1) is 10.9. The Labute approximate surface area is 143 Å². The van der Waals surface area contributed by atoms with Gasteiger partial charge in [0.05, 0.1) is 5.25 Å². The topological polar surface area (TPSA) is 87.7 Å². The molecular formula is C15H17ClN4O2S. The van der Waals surface area contributed by atoms with E-state index < -0.39 is 5.25 Å². The molecule has 0 aliphatic heterocycles. The molecule has 2 aromatic rings. The summed E-state index contributed by atoms with van der Waals surface area (Å²) in [6, 6.07) is 5.35. The average Bonchev–Trinajstić information content (AvgIpc) is 2.52. The number of aryl methyl sites for hydroxylation is 2. The van der Waals surface area contributed by atoms with Crippen molar-refractivity contribution in [1.29, 1.82) is 0 Å². The fourth-order valence-corrected chi connectivity index (χ4v) is 2.80. The molecule has 1 heterocycles. The first-order valence-electron chi connectivity index (χ1n) is 7.08. The van der Waals surface area contributed by atoms with Crippen molar-refractivity contribution in [2.24, 2.45) is 0 Å². The maximum absolute atomic E-state index is 12.4. The molecule has 8 heteroatoms. The van der Waals surface area contributed by atoms with Gasteiger partial charge in [-0.25, -0.2) is 0 Å². The van der Waals surface area contributed by atoms with Crippen molar-refractivity contribution in [2.45, 2.75) is 37.6 Å². The summed E-state index contributed by atoms with van der Waals surface area (Å²) in [6.07, 6.45) is 0.577. The number of amides is 1. The van der Waals surface area contributed by atoms with Crippen LogP contribution in [0.15, 0.2) is 28.2 Å². The summed E-state index contributed by atoms with van der Waals surface area (Å²) in [4.78, 5) is 26.5. The summed E-state index contributed by atoms with van der Waals surface area (Å²) in [7, 11) is 0. The van der Waals surface area contributed by atoms with E-state index in [2.05, 4.69) is 20.5 Å². The number of nitrogens with one attached hydrogen (secondary N) is 2. The van der Waals surface area contributed by atoms with Crippen LogP contribution in [-0.2, 0) is 4.79 Å². The summed E-state index contributed by atoms with van der Waals surface area (Å²) >= 11 is 7.23. The fraction of sp³-hybridized carbons (Fsp3) is 0.333. The van der Waals surface area contributed by atoms with Crippen molar-refractivity contribution < 1.29 is 4.79 Å². The van der Waals surface area contributed by atoms with E-state index >= 15 is 0 Å². The molecule has 1 aromatic heterocycles. The highest BCUT2D eigenvalue weighted by atomic mass is 35.5. The molecule has 0 bridgehead atoms. The SMILES string of the molecule is CCC(Sc1nnc(C)c(=O)[nH]1)C(=O)Nc1ccc(C)c(Cl)c1. The van der Waals surface area contributed by atoms with E-state index in [0.717, 1.165) is 5.56 Å². The van der Waals surface area contributed by atoms with Crippen molar-refractivity contribution >= 4 is 35.0 Å². The Morgan fingerprint density at radius 1 is 1.39 bits per heavy atom. The predicted molar refractivity (Wildman–Crippen MR) is 92.1 cm³/mol. The lowest BCUT2D eigenvalue weighted by Gasteiger charge is -2.14. The minimum absolute atomic E-state index is 0.180. The number of hydrogen-bond acceptors (Lipinski definition) is 5. The van der Waals surface area contributed by atoms with Gasteiger partial charge in [0.15, 0.2) is 5.16 Å². The van der Waals surface area contributed by atoms with Gasteiger partial charge in [0.2, 0.25) is 5.91 Å². The number of benzene rings is 1. The van der Waals surface area contributed by atoms with Crippen LogP contribution in [0.5, 0.6) is 0 Å². The number of aromatic amines is 1. The zero-order valence-corrected chi connectivity index (χ0v) is 14.6. The monoisotopic (exact) mass is 352 g/mol. The molecule has 0 radical (unpaired) electrons. The molecule has 1 amide bonds. The molecule has 0 spiro atoms. The molecule has 0 aliphatic rings. The third-order valence-electron chi connectivity index (χ3n) is 3.20. The zero-order chi connectivity index (χ0) is 17.0. The van der Waals surface area contributed by atoms with Crippen LogP contribution in [0.2, 0.25) is 5.02 Å². The van der Waals surface area contributed by atoms with Gasteiger partial charge >= 0.3 is 0 Å². The molecule has 0 aliphatic carbocycles. The maximum Gasteiger partial charge on any atom is 0.273 e. The fourth-order valence-electron chi connectivity index (χ4n) is 1.78. The number of anilines is 1. The van der Waals surface area contributed by atoms with Gasteiger partial charge in [-0.05, 0) is 38.0 Å². The molecule has 0 saturated heterocycles. The number of thioether (sulfide) groups is 1. The number of rotatable bonds is 5. The van der Waals surface area contributed by atoms with Crippen molar-refractivity contribution in [2.75, 3.05) is 5.32 Å². The summed E-state index contributed by atoms with van der Waals surface area (Å²) < 4.78 is 0. The quantitative estimate of drug-likeness (QED) is 0.808. The highest BCUT2D eigenvalue weighted by molar-refractivity contribution is 8.00. The number of aromatic nitrogens is 3. The first-order valence-corrected chi connectivity index (χ1v) is 8.33. The zero-order valence-electron chi connectivity index (χ0n) is 13.0. The third kappa shape index (κ3) is 4.56. The van der Waals surface area contributed by atoms with Crippen LogP contribution in [0.25, 0.3) is 0 Å². The molecule has 0 fully saturated rings. The van der Waals surface area contributed by atoms with Gasteiger partial charge < -0.3 is 5.32 Å². The maximum atomic E-state index is 12.4. The van der Waals surface area contributed by atoms with E-state index in [4.69, 9.17) is 11.6 Å². The predicted octanol–water partition coefficient (Wildman–Crippen LogP) is 2.94. The van der Waals surface area contributed by atoms with E-state index in [1.54, 1.807) is 19.1 Å². The molecular weight excluding hydrogens is 336 g/mol. The Morgan fingerprint density at radius 2 is 2.13 bits per heavy atom. The molecule has 6 nitrogen and oxygen atoms in total. The molecule has 1 unspecified atom stereocenters. The smallest absolute Gasteiger partial charge is 0.273 e. The van der Waals surface area contributed by atoms with Crippen molar-refractivity contribution in [1.82, 2.24) is 15.2 Å². The average molecular weight is 353 g/mol. The standard InChI is InChI=1S/C15H17ClN4O2S/c1-4-12(23-15-18-13(21)9(3)19-20-15)14(22)17-10-6-5-8(2)11(16)7-10/h5-7,12H,4H2,1-3H3,(H,17,22)(H,18,20,21). The second-order valence-corrected chi connectivity index (χ2v) is 6.61. The van der Waals surface area contributed by atoms with E-state index in [-0.39, 0.29) is 11.5 Å². The first kappa shape index (κ1) is 17.5. The number of hydrogen-bond donors (Lipinski definition) is 2. The second kappa shape index (κ2) is 7.61. The highest BCUT2D eigenvalue weighted by Gasteiger charge is 2.20. The van der Waals surface area contributed by atoms with Gasteiger partial charge in [0, 0.05) is 10.7 Å². The van der Waals surface area contributed by atoms with Gasteiger partial charge in [-0.1, -0.05) is 36.4 Å². The van der Waals surface area contributed by atoms with Crippen LogP contribution < -0.4 is 10.9 Å². The lowest BCUT2D eigenvalue weighted by molar-refractivity contribution is -0.115. The highest BCUT2D eigenvalue weighted by Crippen LogP contribution is 2.24. The summed E-state index contributed by atoms with van der Waals surface area (Å²) in [6.45, 7) is 5.36.